The van der Waals surface area contributed by atoms with Crippen LogP contribution >= 0.6 is 11.6 Å². The molecule has 0 fully saturated rings. The van der Waals surface area contributed by atoms with Gasteiger partial charge in [-0.3, -0.25) is 0 Å². The fourth-order valence-corrected chi connectivity index (χ4v) is 4.71. The van der Waals surface area contributed by atoms with Crippen LogP contribution in [0.15, 0.2) is 52.5 Å². The van der Waals surface area contributed by atoms with E-state index in [1.807, 2.05) is 20.8 Å². The molecule has 0 aliphatic heterocycles. The molecule has 0 unspecified atom stereocenters. The molecular formula is C22H24ClFN4O4S. The Morgan fingerprint density at radius 2 is 1.91 bits per heavy atom. The third-order valence-electron chi connectivity index (χ3n) is 4.70. The van der Waals surface area contributed by atoms with Gasteiger partial charge in [0.25, 0.3) is 0 Å². The van der Waals surface area contributed by atoms with E-state index >= 15 is 0 Å². The van der Waals surface area contributed by atoms with Crippen LogP contribution in [0.1, 0.15) is 32.0 Å². The van der Waals surface area contributed by atoms with E-state index in [9.17, 15) is 22.7 Å². The number of hydrogen-bond acceptors (Lipinski definition) is 5. The maximum absolute atomic E-state index is 14.0. The van der Waals surface area contributed by atoms with Gasteiger partial charge in [0.15, 0.2) is 5.03 Å². The Morgan fingerprint density at radius 1 is 1.21 bits per heavy atom. The highest BCUT2D eigenvalue weighted by molar-refractivity contribution is 7.91. The van der Waals surface area contributed by atoms with Crippen molar-refractivity contribution in [2.24, 2.45) is 5.41 Å². The van der Waals surface area contributed by atoms with Crippen molar-refractivity contribution in [1.29, 1.82) is 0 Å². The molecule has 1 amide bonds. The number of rotatable bonds is 6. The Balaban J connectivity index is 2.17. The van der Waals surface area contributed by atoms with Gasteiger partial charge < -0.3 is 10.0 Å². The molecule has 0 spiro atoms. The van der Waals surface area contributed by atoms with Crippen molar-refractivity contribution >= 4 is 27.5 Å². The van der Waals surface area contributed by atoms with Crippen molar-refractivity contribution in [2.45, 2.75) is 44.2 Å². The Labute approximate surface area is 196 Å². The predicted octanol–water partition coefficient (Wildman–Crippen LogP) is 4.73. The number of amides is 1. The zero-order chi connectivity index (χ0) is 24.6. The van der Waals surface area contributed by atoms with E-state index in [4.69, 9.17) is 11.6 Å². The Kier molecular flexibility index (Phi) is 6.80. The smallest absolute Gasteiger partial charge is 0.407 e. The number of sulfone groups is 1. The highest BCUT2D eigenvalue weighted by Gasteiger charge is 2.28. The molecule has 0 saturated heterocycles. The number of aromatic nitrogens is 3. The van der Waals surface area contributed by atoms with Gasteiger partial charge in [0.05, 0.1) is 22.8 Å². The lowest BCUT2D eigenvalue weighted by molar-refractivity contribution is 0.122. The second kappa shape index (κ2) is 9.11. The highest BCUT2D eigenvalue weighted by Crippen LogP contribution is 2.27. The molecule has 176 valence electrons. The van der Waals surface area contributed by atoms with Crippen LogP contribution in [0, 0.1) is 18.2 Å². The Morgan fingerprint density at radius 3 is 2.48 bits per heavy atom. The lowest BCUT2D eigenvalue weighted by Crippen LogP contribution is -2.36. The molecule has 2 heterocycles. The topological polar surface area (TPSA) is 105 Å². The van der Waals surface area contributed by atoms with Crippen LogP contribution in [0.5, 0.6) is 0 Å². The molecule has 0 atom stereocenters. The van der Waals surface area contributed by atoms with E-state index < -0.39 is 21.7 Å². The first-order valence-electron chi connectivity index (χ1n) is 9.98. The van der Waals surface area contributed by atoms with E-state index in [1.165, 1.54) is 36.4 Å². The summed E-state index contributed by atoms with van der Waals surface area (Å²) in [6.07, 6.45) is -0.0382. The molecule has 0 aliphatic rings. The molecule has 2 aromatic heterocycles. The van der Waals surface area contributed by atoms with Gasteiger partial charge in [0.1, 0.15) is 11.0 Å². The summed E-state index contributed by atoms with van der Waals surface area (Å²) in [5, 5.41) is 13.9. The minimum absolute atomic E-state index is 0.126. The van der Waals surface area contributed by atoms with Gasteiger partial charge in [-0.2, -0.15) is 5.10 Å². The molecule has 3 aromatic rings. The maximum atomic E-state index is 14.0. The maximum Gasteiger partial charge on any atom is 0.407 e. The van der Waals surface area contributed by atoms with Crippen molar-refractivity contribution in [3.63, 3.8) is 0 Å². The van der Waals surface area contributed by atoms with Gasteiger partial charge in [-0.15, -0.1) is 0 Å². The SMILES string of the molecule is Cc1ccc(F)cc1-n1nc(CN(CC(C)(C)C)C(=O)O)cc1S(=O)(=O)c1ccc(Cl)nc1. The normalized spacial score (nSPS) is 12.1. The second-order valence-electron chi connectivity index (χ2n) is 8.84. The van der Waals surface area contributed by atoms with Gasteiger partial charge in [0.2, 0.25) is 9.84 Å². The van der Waals surface area contributed by atoms with Crippen molar-refractivity contribution in [3.05, 3.63) is 64.8 Å². The van der Waals surface area contributed by atoms with E-state index in [0.717, 1.165) is 15.8 Å². The molecule has 0 radical (unpaired) electrons. The minimum Gasteiger partial charge on any atom is -0.465 e. The fraction of sp³-hybridized carbons (Fsp3) is 0.318. The predicted molar refractivity (Wildman–Crippen MR) is 121 cm³/mol. The molecule has 8 nitrogen and oxygen atoms in total. The summed E-state index contributed by atoms with van der Waals surface area (Å²) in [5.74, 6) is -0.566. The number of carboxylic acid groups (broad SMARTS) is 1. The van der Waals surface area contributed by atoms with Crippen LogP contribution in [-0.4, -0.2) is 45.8 Å². The number of hydrogen-bond donors (Lipinski definition) is 1. The summed E-state index contributed by atoms with van der Waals surface area (Å²) in [5.41, 5.74) is 0.677. The van der Waals surface area contributed by atoms with Gasteiger partial charge in [0, 0.05) is 18.8 Å². The van der Waals surface area contributed by atoms with Crippen molar-refractivity contribution in [3.8, 4) is 5.69 Å². The summed E-state index contributed by atoms with van der Waals surface area (Å²) < 4.78 is 42.0. The molecule has 0 bridgehead atoms. The number of pyridine rings is 1. The van der Waals surface area contributed by atoms with E-state index in [0.29, 0.717) is 5.56 Å². The molecule has 11 heteroatoms. The van der Waals surface area contributed by atoms with Crippen molar-refractivity contribution in [2.75, 3.05) is 6.54 Å². The summed E-state index contributed by atoms with van der Waals surface area (Å²) in [7, 11) is -4.14. The highest BCUT2D eigenvalue weighted by atomic mass is 35.5. The fourth-order valence-electron chi connectivity index (χ4n) is 3.26. The largest absolute Gasteiger partial charge is 0.465 e. The molecule has 3 rings (SSSR count). The average Bonchev–Trinajstić information content (AvgIpc) is 3.13. The van der Waals surface area contributed by atoms with Crippen molar-refractivity contribution < 1.29 is 22.7 Å². The standard InChI is InChI=1S/C22H24ClFN4O4S/c1-14-5-6-15(24)9-18(14)28-20(33(31,32)17-7-8-19(23)25-11-17)10-16(26-28)12-27(21(29)30)13-22(2,3)4/h5-11H,12-13H2,1-4H3,(H,29,30). The van der Waals surface area contributed by atoms with Crippen LogP contribution in [-0.2, 0) is 16.4 Å². The minimum atomic E-state index is -4.14. The number of aryl methyl sites for hydroxylation is 1. The van der Waals surface area contributed by atoms with Gasteiger partial charge in [-0.1, -0.05) is 38.4 Å². The lowest BCUT2D eigenvalue weighted by atomic mass is 9.96. The van der Waals surface area contributed by atoms with E-state index in [2.05, 4.69) is 10.1 Å². The second-order valence-corrected chi connectivity index (χ2v) is 11.1. The molecule has 0 saturated carbocycles. The van der Waals surface area contributed by atoms with Gasteiger partial charge >= 0.3 is 6.09 Å². The lowest BCUT2D eigenvalue weighted by Gasteiger charge is -2.27. The quantitative estimate of drug-likeness (QED) is 0.497. The van der Waals surface area contributed by atoms with Crippen LogP contribution in [0.25, 0.3) is 5.69 Å². The van der Waals surface area contributed by atoms with Crippen LogP contribution in [0.2, 0.25) is 5.15 Å². The Hall–Kier alpha value is -2.98. The monoisotopic (exact) mass is 494 g/mol. The van der Waals surface area contributed by atoms with E-state index in [-0.39, 0.29) is 45.0 Å². The van der Waals surface area contributed by atoms with Crippen LogP contribution in [0.3, 0.4) is 0 Å². The summed E-state index contributed by atoms with van der Waals surface area (Å²) >= 11 is 5.79. The summed E-state index contributed by atoms with van der Waals surface area (Å²) in [6, 6.07) is 7.90. The number of halogens is 2. The van der Waals surface area contributed by atoms with Gasteiger partial charge in [-0.05, 0) is 42.2 Å². The van der Waals surface area contributed by atoms with E-state index in [1.54, 1.807) is 6.92 Å². The number of benzene rings is 1. The van der Waals surface area contributed by atoms with Gasteiger partial charge in [-0.25, -0.2) is 27.3 Å². The Bertz CT molecular complexity index is 1280. The zero-order valence-corrected chi connectivity index (χ0v) is 20.2. The molecule has 0 aliphatic carbocycles. The van der Waals surface area contributed by atoms with Crippen LogP contribution < -0.4 is 0 Å². The number of carbonyl (C=O) groups is 1. The molecule has 1 N–H and O–H groups in total. The zero-order valence-electron chi connectivity index (χ0n) is 18.6. The number of nitrogens with zero attached hydrogens (tertiary/aromatic N) is 4. The third kappa shape index (κ3) is 5.69. The van der Waals surface area contributed by atoms with Crippen molar-refractivity contribution in [1.82, 2.24) is 19.7 Å². The first kappa shape index (κ1) is 24.7. The summed E-state index contributed by atoms with van der Waals surface area (Å²) in [4.78, 5) is 16.7. The molecular weight excluding hydrogens is 471 g/mol. The van der Waals surface area contributed by atoms with Crippen LogP contribution in [0.4, 0.5) is 9.18 Å². The average molecular weight is 495 g/mol. The first-order chi connectivity index (χ1) is 15.3. The first-order valence-corrected chi connectivity index (χ1v) is 11.8. The molecule has 33 heavy (non-hydrogen) atoms. The molecule has 1 aromatic carbocycles. The third-order valence-corrected chi connectivity index (χ3v) is 6.63. The summed E-state index contributed by atoms with van der Waals surface area (Å²) in [6.45, 7) is 7.43.